The van der Waals surface area contributed by atoms with Crippen LogP contribution in [0.15, 0.2) is 6.07 Å². The SMILES string of the molecule is CCCOc1cc(C)nc(NC(CC)C(=O)OC)n1. The number of esters is 1. The van der Waals surface area contributed by atoms with Crippen molar-refractivity contribution in [1.29, 1.82) is 0 Å². The van der Waals surface area contributed by atoms with Crippen LogP contribution in [0.25, 0.3) is 0 Å². The molecular weight excluding hydrogens is 246 g/mol. The second-order valence-corrected chi connectivity index (χ2v) is 4.15. The number of nitrogens with zero attached hydrogens (tertiary/aromatic N) is 2. The maximum absolute atomic E-state index is 11.5. The molecule has 1 heterocycles. The van der Waals surface area contributed by atoms with Gasteiger partial charge < -0.3 is 14.8 Å². The van der Waals surface area contributed by atoms with Crippen LogP contribution < -0.4 is 10.1 Å². The van der Waals surface area contributed by atoms with Crippen molar-refractivity contribution in [1.82, 2.24) is 9.97 Å². The van der Waals surface area contributed by atoms with E-state index in [1.165, 1.54) is 7.11 Å². The van der Waals surface area contributed by atoms with Gasteiger partial charge in [0, 0.05) is 11.8 Å². The molecule has 0 bridgehead atoms. The molecular formula is C13H21N3O3. The van der Waals surface area contributed by atoms with Crippen molar-refractivity contribution in [3.8, 4) is 5.88 Å². The van der Waals surface area contributed by atoms with Gasteiger partial charge in [0.15, 0.2) is 0 Å². The van der Waals surface area contributed by atoms with E-state index in [4.69, 9.17) is 9.47 Å². The van der Waals surface area contributed by atoms with Crippen LogP contribution >= 0.6 is 0 Å². The number of aromatic nitrogens is 2. The van der Waals surface area contributed by atoms with Gasteiger partial charge in [0.25, 0.3) is 0 Å². The van der Waals surface area contributed by atoms with Gasteiger partial charge in [0.05, 0.1) is 13.7 Å². The Kier molecular flexibility index (Phi) is 6.05. The van der Waals surface area contributed by atoms with E-state index < -0.39 is 6.04 Å². The van der Waals surface area contributed by atoms with E-state index in [0.717, 1.165) is 12.1 Å². The Morgan fingerprint density at radius 3 is 2.74 bits per heavy atom. The monoisotopic (exact) mass is 267 g/mol. The number of hydrogen-bond acceptors (Lipinski definition) is 6. The molecule has 0 amide bonds. The van der Waals surface area contributed by atoms with Crippen LogP contribution in [0.3, 0.4) is 0 Å². The molecule has 6 nitrogen and oxygen atoms in total. The Hall–Kier alpha value is -1.85. The van der Waals surface area contributed by atoms with Crippen molar-refractivity contribution in [3.05, 3.63) is 11.8 Å². The highest BCUT2D eigenvalue weighted by atomic mass is 16.5. The molecule has 0 aromatic carbocycles. The van der Waals surface area contributed by atoms with Gasteiger partial charge >= 0.3 is 5.97 Å². The highest BCUT2D eigenvalue weighted by Crippen LogP contribution is 2.14. The number of nitrogens with one attached hydrogen (secondary N) is 1. The zero-order chi connectivity index (χ0) is 14.3. The van der Waals surface area contributed by atoms with Crippen LogP contribution in [0.1, 0.15) is 32.4 Å². The number of aryl methyl sites for hydroxylation is 1. The van der Waals surface area contributed by atoms with Gasteiger partial charge in [-0.1, -0.05) is 13.8 Å². The van der Waals surface area contributed by atoms with Crippen LogP contribution in [0.5, 0.6) is 5.88 Å². The lowest BCUT2D eigenvalue weighted by atomic mass is 10.2. The van der Waals surface area contributed by atoms with Crippen molar-refractivity contribution >= 4 is 11.9 Å². The third-order valence-corrected chi connectivity index (χ3v) is 2.48. The van der Waals surface area contributed by atoms with Crippen molar-refractivity contribution < 1.29 is 14.3 Å². The lowest BCUT2D eigenvalue weighted by Gasteiger charge is -2.15. The fraction of sp³-hybridized carbons (Fsp3) is 0.615. The third kappa shape index (κ3) is 4.73. The zero-order valence-electron chi connectivity index (χ0n) is 11.9. The second kappa shape index (κ2) is 7.56. The van der Waals surface area contributed by atoms with Crippen LogP contribution in [-0.2, 0) is 9.53 Å². The van der Waals surface area contributed by atoms with E-state index in [1.807, 2.05) is 20.8 Å². The van der Waals surface area contributed by atoms with E-state index >= 15 is 0 Å². The minimum atomic E-state index is -0.453. The fourth-order valence-corrected chi connectivity index (χ4v) is 1.51. The molecule has 0 fully saturated rings. The smallest absolute Gasteiger partial charge is 0.328 e. The second-order valence-electron chi connectivity index (χ2n) is 4.15. The number of carbonyl (C=O) groups excluding carboxylic acids is 1. The van der Waals surface area contributed by atoms with Gasteiger partial charge in [0.2, 0.25) is 11.8 Å². The molecule has 1 aromatic rings. The van der Waals surface area contributed by atoms with Crippen molar-refractivity contribution in [2.75, 3.05) is 19.0 Å². The Balaban J connectivity index is 2.81. The predicted molar refractivity (Wildman–Crippen MR) is 72.3 cm³/mol. The molecule has 1 rings (SSSR count). The molecule has 0 aliphatic carbocycles. The first kappa shape index (κ1) is 15.2. The van der Waals surface area contributed by atoms with Gasteiger partial charge in [-0.05, 0) is 19.8 Å². The van der Waals surface area contributed by atoms with Crippen molar-refractivity contribution in [3.63, 3.8) is 0 Å². The Morgan fingerprint density at radius 2 is 2.16 bits per heavy atom. The maximum atomic E-state index is 11.5. The summed E-state index contributed by atoms with van der Waals surface area (Å²) in [6.45, 7) is 6.37. The summed E-state index contributed by atoms with van der Waals surface area (Å²) in [5, 5.41) is 2.96. The zero-order valence-corrected chi connectivity index (χ0v) is 11.9. The normalized spacial score (nSPS) is 11.8. The van der Waals surface area contributed by atoms with Gasteiger partial charge in [-0.3, -0.25) is 0 Å². The molecule has 19 heavy (non-hydrogen) atoms. The third-order valence-electron chi connectivity index (χ3n) is 2.48. The Labute approximate surface area is 113 Å². The van der Waals surface area contributed by atoms with Crippen LogP contribution in [0.4, 0.5) is 5.95 Å². The molecule has 1 aromatic heterocycles. The largest absolute Gasteiger partial charge is 0.478 e. The molecule has 1 atom stereocenters. The van der Waals surface area contributed by atoms with E-state index in [0.29, 0.717) is 24.9 Å². The summed E-state index contributed by atoms with van der Waals surface area (Å²) in [5.41, 5.74) is 0.781. The number of hydrogen-bond donors (Lipinski definition) is 1. The molecule has 0 radical (unpaired) electrons. The van der Waals surface area contributed by atoms with E-state index in [-0.39, 0.29) is 5.97 Å². The number of anilines is 1. The summed E-state index contributed by atoms with van der Waals surface area (Å²) in [5.74, 6) is 0.559. The molecule has 1 unspecified atom stereocenters. The first-order valence-corrected chi connectivity index (χ1v) is 6.43. The highest BCUT2D eigenvalue weighted by molar-refractivity contribution is 5.78. The van der Waals surface area contributed by atoms with E-state index in [2.05, 4.69) is 15.3 Å². The molecule has 0 saturated carbocycles. The summed E-state index contributed by atoms with van der Waals surface area (Å²) < 4.78 is 10.2. The highest BCUT2D eigenvalue weighted by Gasteiger charge is 2.18. The Morgan fingerprint density at radius 1 is 1.42 bits per heavy atom. The number of methoxy groups -OCH3 is 1. The average molecular weight is 267 g/mol. The van der Waals surface area contributed by atoms with Gasteiger partial charge in [-0.25, -0.2) is 9.78 Å². The molecule has 0 aliphatic rings. The summed E-state index contributed by atoms with van der Waals surface area (Å²) in [6.07, 6.45) is 1.50. The molecule has 0 saturated heterocycles. The topological polar surface area (TPSA) is 73.3 Å². The van der Waals surface area contributed by atoms with E-state index in [1.54, 1.807) is 6.07 Å². The summed E-state index contributed by atoms with van der Waals surface area (Å²) in [7, 11) is 1.36. The van der Waals surface area contributed by atoms with Crippen LogP contribution in [-0.4, -0.2) is 35.7 Å². The summed E-state index contributed by atoms with van der Waals surface area (Å²) in [4.78, 5) is 20.0. The van der Waals surface area contributed by atoms with Gasteiger partial charge in [-0.2, -0.15) is 4.98 Å². The summed E-state index contributed by atoms with van der Waals surface area (Å²) in [6, 6.07) is 1.31. The quantitative estimate of drug-likeness (QED) is 0.761. The minimum absolute atomic E-state index is 0.330. The molecule has 106 valence electrons. The fourth-order valence-electron chi connectivity index (χ4n) is 1.51. The van der Waals surface area contributed by atoms with E-state index in [9.17, 15) is 4.79 Å². The van der Waals surface area contributed by atoms with Gasteiger partial charge in [0.1, 0.15) is 6.04 Å². The van der Waals surface area contributed by atoms with Gasteiger partial charge in [-0.15, -0.1) is 0 Å². The average Bonchev–Trinajstić information content (AvgIpc) is 2.41. The van der Waals surface area contributed by atoms with Crippen molar-refractivity contribution in [2.45, 2.75) is 39.7 Å². The Bertz CT molecular complexity index is 424. The van der Waals surface area contributed by atoms with Crippen molar-refractivity contribution in [2.24, 2.45) is 0 Å². The number of rotatable bonds is 7. The number of ether oxygens (including phenoxy) is 2. The predicted octanol–water partition coefficient (Wildman–Crippen LogP) is 1.94. The first-order valence-electron chi connectivity index (χ1n) is 6.43. The number of carbonyl (C=O) groups is 1. The standard InChI is InChI=1S/C13H21N3O3/c1-5-7-19-11-8-9(3)14-13(16-11)15-10(6-2)12(17)18-4/h8,10H,5-7H2,1-4H3,(H,14,15,16). The van der Waals surface area contributed by atoms with Crippen LogP contribution in [0.2, 0.25) is 0 Å². The molecule has 1 N–H and O–H groups in total. The molecule has 0 spiro atoms. The first-order chi connectivity index (χ1) is 9.10. The molecule has 6 heteroatoms. The maximum Gasteiger partial charge on any atom is 0.328 e. The lowest BCUT2D eigenvalue weighted by Crippen LogP contribution is -2.30. The minimum Gasteiger partial charge on any atom is -0.478 e. The molecule has 0 aliphatic heterocycles. The lowest BCUT2D eigenvalue weighted by molar-refractivity contribution is -0.141. The summed E-state index contributed by atoms with van der Waals surface area (Å²) >= 11 is 0. The van der Waals surface area contributed by atoms with Crippen LogP contribution in [0, 0.1) is 6.92 Å².